The Hall–Kier alpha value is -2.04. The number of carbonyl (C=O) groups is 2. The maximum absolute atomic E-state index is 11.7. The van der Waals surface area contributed by atoms with Gasteiger partial charge in [0, 0.05) is 12.1 Å². The maximum Gasteiger partial charge on any atom is 0.412 e. The topological polar surface area (TPSA) is 64.6 Å². The molecular weight excluding hydrogens is 246 g/mol. The summed E-state index contributed by atoms with van der Waals surface area (Å²) in [6.45, 7) is 5.77. The summed E-state index contributed by atoms with van der Waals surface area (Å²) < 4.78 is 10.5. The van der Waals surface area contributed by atoms with Crippen LogP contribution in [0.5, 0.6) is 5.75 Å². The number of benzene rings is 1. The molecule has 1 aliphatic heterocycles. The first-order chi connectivity index (χ1) is 8.85. The molecule has 0 bridgehead atoms. The first-order valence-corrected chi connectivity index (χ1v) is 6.15. The fourth-order valence-electron chi connectivity index (χ4n) is 1.76. The van der Waals surface area contributed by atoms with E-state index in [9.17, 15) is 9.59 Å². The molecule has 1 heterocycles. The average molecular weight is 263 g/mol. The molecule has 102 valence electrons. The van der Waals surface area contributed by atoms with E-state index in [2.05, 4.69) is 5.32 Å². The third kappa shape index (κ3) is 3.47. The molecule has 1 N–H and O–H groups in total. The summed E-state index contributed by atoms with van der Waals surface area (Å²) in [5.41, 5.74) is 0.462. The van der Waals surface area contributed by atoms with E-state index in [4.69, 9.17) is 9.47 Å². The second kappa shape index (κ2) is 4.91. The Morgan fingerprint density at radius 2 is 2.11 bits per heavy atom. The van der Waals surface area contributed by atoms with Crippen molar-refractivity contribution in [3.8, 4) is 5.75 Å². The molecule has 5 nitrogen and oxygen atoms in total. The molecule has 0 unspecified atom stereocenters. The minimum Gasteiger partial charge on any atom is -0.492 e. The number of hydrogen-bond acceptors (Lipinski definition) is 4. The molecule has 5 heteroatoms. The lowest BCUT2D eigenvalue weighted by molar-refractivity contribution is 0.0635. The highest BCUT2D eigenvalue weighted by Crippen LogP contribution is 2.27. The van der Waals surface area contributed by atoms with Gasteiger partial charge < -0.3 is 9.47 Å². The standard InChI is InChI=1S/C14H17NO4/c1-14(2,3)19-13(17)15-9-4-5-12-10(8-9)11(16)6-7-18-12/h4-5,8H,6-7H2,1-3H3,(H,15,17). The molecular formula is C14H17NO4. The highest BCUT2D eigenvalue weighted by Gasteiger charge is 2.20. The van der Waals surface area contributed by atoms with Gasteiger partial charge in [0.15, 0.2) is 5.78 Å². The molecule has 1 amide bonds. The van der Waals surface area contributed by atoms with Gasteiger partial charge in [0.2, 0.25) is 0 Å². The fourth-order valence-corrected chi connectivity index (χ4v) is 1.76. The highest BCUT2D eigenvalue weighted by atomic mass is 16.6. The van der Waals surface area contributed by atoms with Crippen LogP contribution in [0.2, 0.25) is 0 Å². The molecule has 19 heavy (non-hydrogen) atoms. The molecule has 1 aromatic rings. The van der Waals surface area contributed by atoms with Gasteiger partial charge in [-0.25, -0.2) is 4.79 Å². The van der Waals surface area contributed by atoms with Crippen LogP contribution >= 0.6 is 0 Å². The van der Waals surface area contributed by atoms with E-state index in [1.807, 2.05) is 0 Å². The Labute approximate surface area is 111 Å². The van der Waals surface area contributed by atoms with Crippen molar-refractivity contribution in [2.45, 2.75) is 32.8 Å². The summed E-state index contributed by atoms with van der Waals surface area (Å²) in [7, 11) is 0. The van der Waals surface area contributed by atoms with Crippen molar-refractivity contribution in [3.05, 3.63) is 23.8 Å². The zero-order chi connectivity index (χ0) is 14.0. The van der Waals surface area contributed by atoms with Crippen LogP contribution in [0.1, 0.15) is 37.6 Å². The first kappa shape index (κ1) is 13.4. The van der Waals surface area contributed by atoms with Gasteiger partial charge in [0.1, 0.15) is 11.4 Å². The van der Waals surface area contributed by atoms with Gasteiger partial charge in [-0.3, -0.25) is 10.1 Å². The van der Waals surface area contributed by atoms with E-state index in [0.717, 1.165) is 0 Å². The molecule has 0 saturated heterocycles. The SMILES string of the molecule is CC(C)(C)OC(=O)Nc1ccc2c(c1)C(=O)CCO2. The van der Waals surface area contributed by atoms with Gasteiger partial charge in [-0.15, -0.1) is 0 Å². The Balaban J connectivity index is 2.12. The monoisotopic (exact) mass is 263 g/mol. The lowest BCUT2D eigenvalue weighted by Crippen LogP contribution is -2.27. The summed E-state index contributed by atoms with van der Waals surface area (Å²) in [4.78, 5) is 23.4. The summed E-state index contributed by atoms with van der Waals surface area (Å²) >= 11 is 0. The van der Waals surface area contributed by atoms with Gasteiger partial charge in [-0.1, -0.05) is 0 Å². The van der Waals surface area contributed by atoms with Crippen LogP contribution in [0.4, 0.5) is 10.5 Å². The van der Waals surface area contributed by atoms with Gasteiger partial charge in [-0.05, 0) is 39.0 Å². The number of hydrogen-bond donors (Lipinski definition) is 1. The van der Waals surface area contributed by atoms with Crippen LogP contribution < -0.4 is 10.1 Å². The number of nitrogens with one attached hydrogen (secondary N) is 1. The molecule has 0 saturated carbocycles. The van der Waals surface area contributed by atoms with E-state index in [1.165, 1.54) is 0 Å². The Morgan fingerprint density at radius 1 is 1.37 bits per heavy atom. The fraction of sp³-hybridized carbons (Fsp3) is 0.429. The molecule has 0 atom stereocenters. The number of Topliss-reactive ketones (excluding diaryl/α,β-unsaturated/α-hetero) is 1. The number of rotatable bonds is 1. The first-order valence-electron chi connectivity index (χ1n) is 6.15. The van der Waals surface area contributed by atoms with Crippen molar-refractivity contribution in [2.75, 3.05) is 11.9 Å². The van der Waals surface area contributed by atoms with Gasteiger partial charge >= 0.3 is 6.09 Å². The Kier molecular flexibility index (Phi) is 3.46. The molecule has 0 fully saturated rings. The normalized spacial score (nSPS) is 14.4. The van der Waals surface area contributed by atoms with Crippen molar-refractivity contribution in [3.63, 3.8) is 0 Å². The number of fused-ring (bicyclic) bond motifs is 1. The van der Waals surface area contributed by atoms with Crippen LogP contribution in [0.3, 0.4) is 0 Å². The van der Waals surface area contributed by atoms with E-state index in [-0.39, 0.29) is 5.78 Å². The van der Waals surface area contributed by atoms with E-state index in [0.29, 0.717) is 30.0 Å². The lowest BCUT2D eigenvalue weighted by atomic mass is 10.0. The summed E-state index contributed by atoms with van der Waals surface area (Å²) in [6, 6.07) is 4.97. The molecule has 0 spiro atoms. The molecule has 0 radical (unpaired) electrons. The molecule has 2 rings (SSSR count). The zero-order valence-corrected chi connectivity index (χ0v) is 11.3. The minimum atomic E-state index is -0.558. The maximum atomic E-state index is 11.7. The predicted octanol–water partition coefficient (Wildman–Crippen LogP) is 3.00. The van der Waals surface area contributed by atoms with Crippen LogP contribution in [0.25, 0.3) is 0 Å². The van der Waals surface area contributed by atoms with Crippen LogP contribution in [-0.4, -0.2) is 24.1 Å². The quantitative estimate of drug-likeness (QED) is 0.846. The van der Waals surface area contributed by atoms with Crippen molar-refractivity contribution in [2.24, 2.45) is 0 Å². The van der Waals surface area contributed by atoms with Gasteiger partial charge in [0.25, 0.3) is 0 Å². The Bertz CT molecular complexity index is 517. The highest BCUT2D eigenvalue weighted by molar-refractivity contribution is 6.01. The molecule has 0 aliphatic carbocycles. The van der Waals surface area contributed by atoms with E-state index < -0.39 is 11.7 Å². The average Bonchev–Trinajstić information content (AvgIpc) is 2.27. The predicted molar refractivity (Wildman–Crippen MR) is 70.7 cm³/mol. The van der Waals surface area contributed by atoms with E-state index in [1.54, 1.807) is 39.0 Å². The van der Waals surface area contributed by atoms with Crippen LogP contribution in [0.15, 0.2) is 18.2 Å². The minimum absolute atomic E-state index is 0.0223. The largest absolute Gasteiger partial charge is 0.492 e. The smallest absolute Gasteiger partial charge is 0.412 e. The number of amides is 1. The second-order valence-electron chi connectivity index (χ2n) is 5.36. The third-order valence-electron chi connectivity index (χ3n) is 2.51. The van der Waals surface area contributed by atoms with E-state index >= 15 is 0 Å². The molecule has 0 aromatic heterocycles. The third-order valence-corrected chi connectivity index (χ3v) is 2.51. The summed E-state index contributed by atoms with van der Waals surface area (Å²) in [6.07, 6.45) is -0.181. The summed E-state index contributed by atoms with van der Waals surface area (Å²) in [5.74, 6) is 0.583. The zero-order valence-electron chi connectivity index (χ0n) is 11.3. The number of anilines is 1. The number of ketones is 1. The van der Waals surface area contributed by atoms with Gasteiger partial charge in [-0.2, -0.15) is 0 Å². The van der Waals surface area contributed by atoms with Crippen molar-refractivity contribution < 1.29 is 19.1 Å². The second-order valence-corrected chi connectivity index (χ2v) is 5.36. The van der Waals surface area contributed by atoms with Crippen LogP contribution in [0, 0.1) is 0 Å². The number of ether oxygens (including phenoxy) is 2. The summed E-state index contributed by atoms with van der Waals surface area (Å²) in [5, 5.41) is 2.60. The Morgan fingerprint density at radius 3 is 2.79 bits per heavy atom. The lowest BCUT2D eigenvalue weighted by Gasteiger charge is -2.20. The number of carbonyl (C=O) groups excluding carboxylic acids is 2. The van der Waals surface area contributed by atoms with Crippen molar-refractivity contribution >= 4 is 17.6 Å². The van der Waals surface area contributed by atoms with Gasteiger partial charge in [0.05, 0.1) is 12.2 Å². The van der Waals surface area contributed by atoms with Crippen molar-refractivity contribution in [1.29, 1.82) is 0 Å². The molecule has 1 aromatic carbocycles. The van der Waals surface area contributed by atoms with Crippen molar-refractivity contribution in [1.82, 2.24) is 0 Å². The van der Waals surface area contributed by atoms with Crippen LogP contribution in [-0.2, 0) is 4.74 Å². The molecule has 1 aliphatic rings.